The minimum Gasteiger partial charge on any atom is -0.448 e. The van der Waals surface area contributed by atoms with Gasteiger partial charge in [-0.1, -0.05) is 0 Å². The number of furan rings is 1. The molecule has 2 aromatic heterocycles. The minimum atomic E-state index is -0.711. The Hall–Kier alpha value is -2.24. The van der Waals surface area contributed by atoms with Gasteiger partial charge in [0, 0.05) is 22.5 Å². The van der Waals surface area contributed by atoms with E-state index in [2.05, 4.69) is 10.3 Å². The first-order chi connectivity index (χ1) is 13.5. The fraction of sp³-hybridized carbons (Fsp3) is 0.263. The summed E-state index contributed by atoms with van der Waals surface area (Å²) in [6.07, 6.45) is 2.65. The molecule has 9 heteroatoms. The largest absolute Gasteiger partial charge is 0.448 e. The predicted molar refractivity (Wildman–Crippen MR) is 109 cm³/mol. The average molecular weight is 497 g/mol. The third-order valence-corrected chi connectivity index (χ3v) is 5.41. The van der Waals surface area contributed by atoms with Crippen molar-refractivity contribution in [3.8, 4) is 0 Å². The van der Waals surface area contributed by atoms with E-state index in [-0.39, 0.29) is 24.6 Å². The maximum Gasteiger partial charge on any atom is 0.292 e. The van der Waals surface area contributed by atoms with Gasteiger partial charge in [0.15, 0.2) is 0 Å². The van der Waals surface area contributed by atoms with Gasteiger partial charge in [-0.05, 0) is 53.3 Å². The molecule has 2 atom stereocenters. The number of rotatable bonds is 4. The maximum atomic E-state index is 14.4. The van der Waals surface area contributed by atoms with Gasteiger partial charge >= 0.3 is 0 Å². The van der Waals surface area contributed by atoms with Gasteiger partial charge in [0.05, 0.1) is 29.8 Å². The number of halogens is 2. The van der Waals surface area contributed by atoms with Gasteiger partial charge in [0.1, 0.15) is 17.1 Å². The number of anilines is 2. The van der Waals surface area contributed by atoms with Crippen molar-refractivity contribution < 1.29 is 23.8 Å². The molecule has 1 aromatic carbocycles. The molecule has 3 aromatic rings. The van der Waals surface area contributed by atoms with Crippen molar-refractivity contribution in [2.24, 2.45) is 0 Å². The van der Waals surface area contributed by atoms with Gasteiger partial charge in [0.25, 0.3) is 5.91 Å². The number of hydrogen-bond acceptors (Lipinski definition) is 6. The van der Waals surface area contributed by atoms with Crippen LogP contribution in [0.2, 0.25) is 0 Å². The Morgan fingerprint density at radius 1 is 1.43 bits per heavy atom. The fourth-order valence-electron chi connectivity index (χ4n) is 3.39. The molecule has 7 nitrogen and oxygen atoms in total. The van der Waals surface area contributed by atoms with Crippen LogP contribution in [0, 0.1) is 9.39 Å². The van der Waals surface area contributed by atoms with Crippen molar-refractivity contribution in [2.75, 3.05) is 18.5 Å². The van der Waals surface area contributed by atoms with E-state index in [0.717, 1.165) is 3.57 Å². The van der Waals surface area contributed by atoms with E-state index in [1.54, 1.807) is 18.2 Å². The number of amides is 1. The zero-order chi connectivity index (χ0) is 19.8. The fourth-order valence-corrected chi connectivity index (χ4v) is 3.84. The molecule has 0 radical (unpaired) electrons. The Balaban J connectivity index is 1.78. The summed E-state index contributed by atoms with van der Waals surface area (Å²) in [6, 6.07) is 5.81. The lowest BCUT2D eigenvalue weighted by Crippen LogP contribution is -2.38. The average Bonchev–Trinajstić information content (AvgIpc) is 3.24. The molecule has 28 heavy (non-hydrogen) atoms. The van der Waals surface area contributed by atoms with Crippen LogP contribution in [-0.4, -0.2) is 51.3 Å². The van der Waals surface area contributed by atoms with Crippen LogP contribution in [0.3, 0.4) is 0 Å². The van der Waals surface area contributed by atoms with Crippen LogP contribution in [0.25, 0.3) is 11.0 Å². The SMILES string of the molecule is O=C(c1oc2ccncc2c1Nc1ccc(I)cc1F)N1C[C@H](O)C[C@H]1CO. The number of benzene rings is 1. The van der Waals surface area contributed by atoms with Gasteiger partial charge in [-0.3, -0.25) is 9.78 Å². The Labute approximate surface area is 173 Å². The topological polar surface area (TPSA) is 98.8 Å². The summed E-state index contributed by atoms with van der Waals surface area (Å²) >= 11 is 2.01. The summed E-state index contributed by atoms with van der Waals surface area (Å²) in [6.45, 7) is -0.171. The molecule has 0 unspecified atom stereocenters. The zero-order valence-corrected chi connectivity index (χ0v) is 16.8. The quantitative estimate of drug-likeness (QED) is 0.480. The number of hydrogen-bond donors (Lipinski definition) is 3. The summed E-state index contributed by atoms with van der Waals surface area (Å²) in [4.78, 5) is 18.6. The van der Waals surface area contributed by atoms with Crippen LogP contribution in [0.5, 0.6) is 0 Å². The number of aliphatic hydroxyl groups excluding tert-OH is 2. The summed E-state index contributed by atoms with van der Waals surface area (Å²) in [5, 5.41) is 22.9. The number of carbonyl (C=O) groups is 1. The number of likely N-dealkylation sites (tertiary alicyclic amines) is 1. The van der Waals surface area contributed by atoms with E-state index >= 15 is 0 Å². The Bertz CT molecular complexity index is 1040. The highest BCUT2D eigenvalue weighted by atomic mass is 127. The van der Waals surface area contributed by atoms with Gasteiger partial charge in [0.2, 0.25) is 5.76 Å². The van der Waals surface area contributed by atoms with Crippen molar-refractivity contribution >= 4 is 50.8 Å². The van der Waals surface area contributed by atoms with Crippen LogP contribution >= 0.6 is 22.6 Å². The van der Waals surface area contributed by atoms with Crippen LogP contribution in [0.1, 0.15) is 17.0 Å². The molecule has 4 rings (SSSR count). The van der Waals surface area contributed by atoms with Crippen molar-refractivity contribution in [1.82, 2.24) is 9.88 Å². The second-order valence-electron chi connectivity index (χ2n) is 6.61. The van der Waals surface area contributed by atoms with E-state index in [1.165, 1.54) is 23.4 Å². The molecule has 0 bridgehead atoms. The molecule has 0 spiro atoms. The second kappa shape index (κ2) is 7.64. The van der Waals surface area contributed by atoms with Gasteiger partial charge in [-0.2, -0.15) is 0 Å². The van der Waals surface area contributed by atoms with E-state index in [0.29, 0.717) is 23.1 Å². The number of aliphatic hydroxyl groups is 2. The number of fused-ring (bicyclic) bond motifs is 1. The smallest absolute Gasteiger partial charge is 0.292 e. The van der Waals surface area contributed by atoms with Crippen LogP contribution in [-0.2, 0) is 0 Å². The molecule has 0 saturated carbocycles. The molecule has 3 heterocycles. The third kappa shape index (κ3) is 3.45. The second-order valence-corrected chi connectivity index (χ2v) is 7.86. The van der Waals surface area contributed by atoms with E-state index in [1.807, 2.05) is 22.6 Å². The molecule has 1 saturated heterocycles. The molecule has 146 valence electrons. The minimum absolute atomic E-state index is 0.0199. The predicted octanol–water partition coefficient (Wildman–Crippen LogP) is 2.88. The van der Waals surface area contributed by atoms with Gasteiger partial charge in [-0.15, -0.1) is 0 Å². The van der Waals surface area contributed by atoms with Crippen LogP contribution < -0.4 is 5.32 Å². The third-order valence-electron chi connectivity index (χ3n) is 4.74. The number of aromatic nitrogens is 1. The molecule has 3 N–H and O–H groups in total. The monoisotopic (exact) mass is 497 g/mol. The Kier molecular flexibility index (Phi) is 5.21. The van der Waals surface area contributed by atoms with Gasteiger partial charge in [-0.25, -0.2) is 4.39 Å². The summed E-state index contributed by atoms with van der Waals surface area (Å²) in [7, 11) is 0. The highest BCUT2D eigenvalue weighted by Gasteiger charge is 2.37. The van der Waals surface area contributed by atoms with E-state index < -0.39 is 23.9 Å². The number of nitrogens with zero attached hydrogens (tertiary/aromatic N) is 2. The Morgan fingerprint density at radius 3 is 3.00 bits per heavy atom. The van der Waals surface area contributed by atoms with Crippen molar-refractivity contribution in [3.05, 3.63) is 51.8 Å². The summed E-state index contributed by atoms with van der Waals surface area (Å²) in [5.41, 5.74) is 0.916. The normalized spacial score (nSPS) is 19.4. The van der Waals surface area contributed by atoms with Gasteiger partial charge < -0.3 is 24.8 Å². The number of pyridine rings is 1. The molecule has 0 aliphatic carbocycles. The van der Waals surface area contributed by atoms with E-state index in [9.17, 15) is 19.4 Å². The first-order valence-corrected chi connectivity index (χ1v) is 9.74. The van der Waals surface area contributed by atoms with Crippen LogP contribution in [0.4, 0.5) is 15.8 Å². The molecular formula is C19H17FIN3O4. The van der Waals surface area contributed by atoms with E-state index in [4.69, 9.17) is 4.42 Å². The number of carbonyl (C=O) groups excluding carboxylic acids is 1. The highest BCUT2D eigenvalue weighted by Crippen LogP contribution is 2.35. The van der Waals surface area contributed by atoms with Crippen molar-refractivity contribution in [2.45, 2.75) is 18.6 Å². The molecule has 1 aliphatic rings. The first-order valence-electron chi connectivity index (χ1n) is 8.66. The molecule has 1 aliphatic heterocycles. The summed E-state index contributed by atoms with van der Waals surface area (Å²) in [5.74, 6) is -0.970. The lowest BCUT2D eigenvalue weighted by molar-refractivity contribution is 0.0637. The van der Waals surface area contributed by atoms with Crippen molar-refractivity contribution in [1.29, 1.82) is 0 Å². The summed E-state index contributed by atoms with van der Waals surface area (Å²) < 4.78 is 20.9. The molecule has 1 fully saturated rings. The molecular weight excluding hydrogens is 480 g/mol. The number of nitrogens with one attached hydrogen (secondary N) is 1. The Morgan fingerprint density at radius 2 is 2.25 bits per heavy atom. The lowest BCUT2D eigenvalue weighted by atomic mass is 10.2. The van der Waals surface area contributed by atoms with Crippen LogP contribution in [0.15, 0.2) is 41.1 Å². The highest BCUT2D eigenvalue weighted by molar-refractivity contribution is 14.1. The lowest BCUT2D eigenvalue weighted by Gasteiger charge is -2.22. The molecule has 1 amide bonds. The standard InChI is InChI=1S/C19H17FIN3O4/c20-14-5-10(21)1-2-15(14)23-17-13-7-22-4-3-16(13)28-18(17)19(27)24-8-12(26)6-11(24)9-25/h1-5,7,11-12,23,25-26H,6,8-9H2/t11-,12+/m0/s1. The zero-order valence-electron chi connectivity index (χ0n) is 14.6. The number of β-amino-alcohol motifs (C(OH)–C–C–N with tert-alkyl or cyclic N) is 1. The first kappa shape index (κ1) is 19.1. The maximum absolute atomic E-state index is 14.4. The van der Waals surface area contributed by atoms with Crippen molar-refractivity contribution in [3.63, 3.8) is 0 Å².